The fourth-order valence-electron chi connectivity index (χ4n) is 3.55. The Labute approximate surface area is 126 Å². The monoisotopic (exact) mass is 299 g/mol. The third kappa shape index (κ3) is 3.26. The summed E-state index contributed by atoms with van der Waals surface area (Å²) in [5.41, 5.74) is 1.73. The van der Waals surface area contributed by atoms with Crippen LogP contribution in [0.1, 0.15) is 44.6 Å². The molecule has 0 aliphatic heterocycles. The molecule has 0 spiro atoms. The van der Waals surface area contributed by atoms with Crippen LogP contribution in [0.3, 0.4) is 0 Å². The minimum absolute atomic E-state index is 0.459. The Kier molecular flexibility index (Phi) is 5.16. The van der Waals surface area contributed by atoms with Crippen molar-refractivity contribution in [2.45, 2.75) is 51.5 Å². The van der Waals surface area contributed by atoms with Gasteiger partial charge in [0.2, 0.25) is 0 Å². The summed E-state index contributed by atoms with van der Waals surface area (Å²) in [4.78, 5) is 0. The number of hydrogen-bond donors (Lipinski definition) is 1. The quantitative estimate of drug-likeness (QED) is 0.798. The van der Waals surface area contributed by atoms with E-state index in [1.807, 2.05) is 12.1 Å². The highest BCUT2D eigenvalue weighted by Gasteiger charge is 2.38. The standard InChI is InChI=1S/C16H23Cl2N/c1-3-16(8-4-5-9-16)15(19-2)11-12-6-7-13(17)14(18)10-12/h6-7,10,15,19H,3-5,8-9,11H2,1-2H3. The topological polar surface area (TPSA) is 12.0 Å². The van der Waals surface area contributed by atoms with E-state index in [1.165, 1.54) is 37.7 Å². The Morgan fingerprint density at radius 1 is 1.21 bits per heavy atom. The van der Waals surface area contributed by atoms with Crippen molar-refractivity contribution in [3.05, 3.63) is 33.8 Å². The molecule has 1 nitrogen and oxygen atoms in total. The van der Waals surface area contributed by atoms with E-state index in [1.54, 1.807) is 0 Å². The Morgan fingerprint density at radius 3 is 2.42 bits per heavy atom. The van der Waals surface area contributed by atoms with Gasteiger partial charge in [-0.15, -0.1) is 0 Å². The Bertz CT molecular complexity index is 425. The van der Waals surface area contributed by atoms with Crippen molar-refractivity contribution >= 4 is 23.2 Å². The smallest absolute Gasteiger partial charge is 0.0595 e. The van der Waals surface area contributed by atoms with Gasteiger partial charge in [0.05, 0.1) is 10.0 Å². The molecule has 1 aromatic rings. The van der Waals surface area contributed by atoms with E-state index >= 15 is 0 Å². The van der Waals surface area contributed by atoms with Crippen molar-refractivity contribution in [2.75, 3.05) is 7.05 Å². The van der Waals surface area contributed by atoms with E-state index in [-0.39, 0.29) is 0 Å². The molecule has 1 N–H and O–H groups in total. The largest absolute Gasteiger partial charge is 0.316 e. The van der Waals surface area contributed by atoms with Crippen LogP contribution in [0.15, 0.2) is 18.2 Å². The van der Waals surface area contributed by atoms with E-state index in [0.29, 0.717) is 21.5 Å². The van der Waals surface area contributed by atoms with Crippen LogP contribution < -0.4 is 5.32 Å². The van der Waals surface area contributed by atoms with Gasteiger partial charge < -0.3 is 5.32 Å². The van der Waals surface area contributed by atoms with Crippen LogP contribution >= 0.6 is 23.2 Å². The maximum absolute atomic E-state index is 6.12. The molecule has 0 amide bonds. The second-order valence-corrected chi connectivity index (χ2v) is 6.53. The number of hydrogen-bond acceptors (Lipinski definition) is 1. The number of nitrogens with one attached hydrogen (secondary N) is 1. The highest BCUT2D eigenvalue weighted by Crippen LogP contribution is 2.44. The zero-order chi connectivity index (χ0) is 13.9. The SMILES string of the molecule is CCC1(C(Cc2ccc(Cl)c(Cl)c2)NC)CCCC1. The van der Waals surface area contributed by atoms with Gasteiger partial charge in [0.1, 0.15) is 0 Å². The van der Waals surface area contributed by atoms with Crippen LogP contribution in [0, 0.1) is 5.41 Å². The molecular weight excluding hydrogens is 277 g/mol. The molecule has 1 aliphatic carbocycles. The highest BCUT2D eigenvalue weighted by atomic mass is 35.5. The predicted molar refractivity (Wildman–Crippen MR) is 84.2 cm³/mol. The zero-order valence-electron chi connectivity index (χ0n) is 11.8. The number of benzene rings is 1. The third-order valence-electron chi connectivity index (χ3n) is 4.81. The van der Waals surface area contributed by atoms with Gasteiger partial charge >= 0.3 is 0 Å². The Hall–Kier alpha value is -0.240. The molecular formula is C16H23Cl2N. The lowest BCUT2D eigenvalue weighted by atomic mass is 9.74. The van der Waals surface area contributed by atoms with Crippen LogP contribution in [0.5, 0.6) is 0 Å². The van der Waals surface area contributed by atoms with Gasteiger partial charge in [0, 0.05) is 6.04 Å². The highest BCUT2D eigenvalue weighted by molar-refractivity contribution is 6.42. The van der Waals surface area contributed by atoms with Crippen molar-refractivity contribution < 1.29 is 0 Å². The lowest BCUT2D eigenvalue weighted by Crippen LogP contribution is -2.43. The maximum atomic E-state index is 6.12. The molecule has 1 unspecified atom stereocenters. The fourth-order valence-corrected chi connectivity index (χ4v) is 3.88. The van der Waals surface area contributed by atoms with Crippen LogP contribution in [-0.4, -0.2) is 13.1 Å². The van der Waals surface area contributed by atoms with Crippen LogP contribution in [0.25, 0.3) is 0 Å². The maximum Gasteiger partial charge on any atom is 0.0595 e. The summed E-state index contributed by atoms with van der Waals surface area (Å²) in [6.07, 6.45) is 7.70. The second-order valence-electron chi connectivity index (χ2n) is 5.72. The summed E-state index contributed by atoms with van der Waals surface area (Å²) < 4.78 is 0. The first kappa shape index (κ1) is 15.2. The second kappa shape index (κ2) is 6.47. The fraction of sp³-hybridized carbons (Fsp3) is 0.625. The van der Waals surface area contributed by atoms with E-state index < -0.39 is 0 Å². The zero-order valence-corrected chi connectivity index (χ0v) is 13.3. The lowest BCUT2D eigenvalue weighted by molar-refractivity contribution is 0.192. The van der Waals surface area contributed by atoms with E-state index in [0.717, 1.165) is 6.42 Å². The molecule has 0 bridgehead atoms. The van der Waals surface area contributed by atoms with Gasteiger partial charge in [0.15, 0.2) is 0 Å². The summed E-state index contributed by atoms with van der Waals surface area (Å²) in [5, 5.41) is 4.84. The van der Waals surface area contributed by atoms with Crippen molar-refractivity contribution in [1.82, 2.24) is 5.32 Å². The minimum Gasteiger partial charge on any atom is -0.316 e. The van der Waals surface area contributed by atoms with Crippen molar-refractivity contribution in [2.24, 2.45) is 5.41 Å². The summed E-state index contributed by atoms with van der Waals surface area (Å²) in [5.74, 6) is 0. The van der Waals surface area contributed by atoms with Gasteiger partial charge in [-0.2, -0.15) is 0 Å². The molecule has 1 atom stereocenters. The first-order valence-corrected chi connectivity index (χ1v) is 7.98. The molecule has 1 aliphatic rings. The molecule has 106 valence electrons. The van der Waals surface area contributed by atoms with Gasteiger partial charge in [-0.3, -0.25) is 0 Å². The van der Waals surface area contributed by atoms with Gasteiger partial charge in [-0.1, -0.05) is 49.0 Å². The molecule has 0 saturated heterocycles. The molecule has 0 aromatic heterocycles. The van der Waals surface area contributed by atoms with E-state index in [2.05, 4.69) is 25.4 Å². The first-order valence-electron chi connectivity index (χ1n) is 7.22. The normalized spacial score (nSPS) is 19.6. The van der Waals surface area contributed by atoms with E-state index in [4.69, 9.17) is 23.2 Å². The van der Waals surface area contributed by atoms with Gasteiger partial charge in [-0.05, 0) is 55.8 Å². The number of likely N-dealkylation sites (N-methyl/N-ethyl adjacent to an activating group) is 1. The molecule has 2 rings (SSSR count). The van der Waals surface area contributed by atoms with Gasteiger partial charge in [-0.25, -0.2) is 0 Å². The molecule has 19 heavy (non-hydrogen) atoms. The summed E-state index contributed by atoms with van der Waals surface area (Å²) in [7, 11) is 2.08. The molecule has 0 radical (unpaired) electrons. The lowest BCUT2D eigenvalue weighted by Gasteiger charge is -2.37. The average Bonchev–Trinajstić information content (AvgIpc) is 2.90. The average molecular weight is 300 g/mol. The summed E-state index contributed by atoms with van der Waals surface area (Å²) >= 11 is 12.1. The summed E-state index contributed by atoms with van der Waals surface area (Å²) in [6.45, 7) is 2.32. The number of halogens is 2. The number of rotatable bonds is 5. The van der Waals surface area contributed by atoms with Gasteiger partial charge in [0.25, 0.3) is 0 Å². The molecule has 0 heterocycles. The Balaban J connectivity index is 2.16. The van der Waals surface area contributed by atoms with Crippen LogP contribution in [0.2, 0.25) is 10.0 Å². The summed E-state index contributed by atoms with van der Waals surface area (Å²) in [6, 6.07) is 6.53. The van der Waals surface area contributed by atoms with Crippen molar-refractivity contribution in [3.8, 4) is 0 Å². The van der Waals surface area contributed by atoms with Crippen LogP contribution in [0.4, 0.5) is 0 Å². The van der Waals surface area contributed by atoms with E-state index in [9.17, 15) is 0 Å². The minimum atomic E-state index is 0.459. The molecule has 1 aromatic carbocycles. The third-order valence-corrected chi connectivity index (χ3v) is 5.55. The predicted octanol–water partition coefficient (Wildman–Crippen LogP) is 5.09. The van der Waals surface area contributed by atoms with Crippen LogP contribution in [-0.2, 0) is 6.42 Å². The van der Waals surface area contributed by atoms with Crippen molar-refractivity contribution in [1.29, 1.82) is 0 Å². The van der Waals surface area contributed by atoms with Crippen molar-refractivity contribution in [3.63, 3.8) is 0 Å². The molecule has 3 heteroatoms. The Morgan fingerprint density at radius 2 is 1.89 bits per heavy atom. The molecule has 1 fully saturated rings. The first-order chi connectivity index (χ1) is 9.11. The molecule has 1 saturated carbocycles.